The fourth-order valence-electron chi connectivity index (χ4n) is 6.51. The summed E-state index contributed by atoms with van der Waals surface area (Å²) in [7, 11) is -2.18. The van der Waals surface area contributed by atoms with Crippen molar-refractivity contribution in [1.29, 1.82) is 0 Å². The smallest absolute Gasteiger partial charge is 0.263 e. The van der Waals surface area contributed by atoms with Crippen LogP contribution in [-0.4, -0.2) is 80.5 Å². The number of nitrogens with zero attached hydrogens (tertiary/aromatic N) is 4. The highest BCUT2D eigenvalue weighted by molar-refractivity contribution is 7.92. The Hall–Kier alpha value is -3.74. The summed E-state index contributed by atoms with van der Waals surface area (Å²) in [5.41, 5.74) is 3.72. The van der Waals surface area contributed by atoms with Gasteiger partial charge in [-0.15, -0.1) is 0 Å². The van der Waals surface area contributed by atoms with E-state index in [2.05, 4.69) is 39.2 Å². The van der Waals surface area contributed by atoms with E-state index in [-0.39, 0.29) is 22.2 Å². The SMILES string of the molecule is CCCCC1=N[C@@]2(CCCN(C(=O)CNC)C2)CN1Cc1ccc(-c2ccccc2S(=O)(=O)Nc2noc(C)c2C)c(COCC)c1. The number of likely N-dealkylation sites (N-methyl/N-ethyl adjacent to an activating group) is 1. The van der Waals surface area contributed by atoms with Gasteiger partial charge in [0.25, 0.3) is 10.0 Å². The molecule has 1 atom stereocenters. The van der Waals surface area contributed by atoms with Crippen LogP contribution in [0.15, 0.2) is 56.9 Å². The predicted octanol–water partition coefficient (Wildman–Crippen LogP) is 5.28. The Morgan fingerprint density at radius 3 is 2.64 bits per heavy atom. The van der Waals surface area contributed by atoms with Crippen LogP contribution < -0.4 is 10.0 Å². The molecule has 47 heavy (non-hydrogen) atoms. The van der Waals surface area contributed by atoms with E-state index in [1.54, 1.807) is 33.0 Å². The van der Waals surface area contributed by atoms with Gasteiger partial charge in [0, 0.05) is 50.3 Å². The van der Waals surface area contributed by atoms with Gasteiger partial charge < -0.3 is 24.4 Å². The third kappa shape index (κ3) is 7.88. The molecule has 3 aromatic rings. The molecule has 0 radical (unpaired) electrons. The first-order chi connectivity index (χ1) is 22.6. The fraction of sp³-hybridized carbons (Fsp3) is 0.514. The molecule has 0 unspecified atom stereocenters. The molecule has 0 bridgehead atoms. The maximum Gasteiger partial charge on any atom is 0.263 e. The van der Waals surface area contributed by atoms with Crippen molar-refractivity contribution in [1.82, 2.24) is 20.3 Å². The number of ether oxygens (including phenoxy) is 1. The summed E-state index contributed by atoms with van der Waals surface area (Å²) >= 11 is 0. The molecule has 0 saturated carbocycles. The van der Waals surface area contributed by atoms with Crippen LogP contribution in [0.4, 0.5) is 5.82 Å². The molecule has 0 aliphatic carbocycles. The molecule has 2 aliphatic rings. The van der Waals surface area contributed by atoms with Crippen LogP contribution in [0.1, 0.15) is 68.4 Å². The van der Waals surface area contributed by atoms with Gasteiger partial charge in [-0.3, -0.25) is 14.5 Å². The van der Waals surface area contributed by atoms with Gasteiger partial charge in [-0.05, 0) is 69.8 Å². The molecule has 1 fully saturated rings. The van der Waals surface area contributed by atoms with Gasteiger partial charge >= 0.3 is 0 Å². The van der Waals surface area contributed by atoms with Gasteiger partial charge in [0.15, 0.2) is 5.82 Å². The summed E-state index contributed by atoms with van der Waals surface area (Å²) in [5.74, 6) is 1.96. The topological polar surface area (TPSA) is 129 Å². The van der Waals surface area contributed by atoms with Crippen molar-refractivity contribution in [2.75, 3.05) is 44.6 Å². The molecule has 5 rings (SSSR count). The zero-order chi connectivity index (χ0) is 33.6. The number of amidine groups is 1. The van der Waals surface area contributed by atoms with Crippen LogP contribution in [0.2, 0.25) is 0 Å². The van der Waals surface area contributed by atoms with Crippen LogP contribution in [-0.2, 0) is 32.7 Å². The van der Waals surface area contributed by atoms with Crippen molar-refractivity contribution < 1.29 is 22.5 Å². The van der Waals surface area contributed by atoms with E-state index in [0.717, 1.165) is 67.7 Å². The van der Waals surface area contributed by atoms with Gasteiger partial charge in [-0.25, -0.2) is 8.42 Å². The van der Waals surface area contributed by atoms with Crippen LogP contribution in [0.5, 0.6) is 0 Å². The summed E-state index contributed by atoms with van der Waals surface area (Å²) < 4.78 is 41.1. The molecule has 1 spiro atoms. The highest BCUT2D eigenvalue weighted by Gasteiger charge is 2.43. The van der Waals surface area contributed by atoms with Crippen molar-refractivity contribution in [2.24, 2.45) is 4.99 Å². The van der Waals surface area contributed by atoms with Gasteiger partial charge in [0.2, 0.25) is 5.91 Å². The quantitative estimate of drug-likeness (QED) is 0.238. The number of anilines is 1. The lowest BCUT2D eigenvalue weighted by Crippen LogP contribution is -2.53. The van der Waals surface area contributed by atoms with Crippen molar-refractivity contribution >= 4 is 27.6 Å². The molecule has 11 nitrogen and oxygen atoms in total. The first-order valence-electron chi connectivity index (χ1n) is 16.6. The van der Waals surface area contributed by atoms with E-state index in [4.69, 9.17) is 14.3 Å². The molecule has 1 amide bonds. The zero-order valence-electron chi connectivity index (χ0n) is 28.3. The number of amides is 1. The summed E-state index contributed by atoms with van der Waals surface area (Å²) in [6.07, 6.45) is 4.93. The third-order valence-corrected chi connectivity index (χ3v) is 10.5. The highest BCUT2D eigenvalue weighted by atomic mass is 32.2. The number of sulfonamides is 1. The standard InChI is InChI=1S/C35H48N6O5S/c1-6-8-14-32-37-35(17-11-18-40(23-35)33(42)20-36-5)24-41(32)21-27-15-16-29(28(19-27)22-45-7-2)30-12-9-10-13-31(30)47(43,44)39-34-25(3)26(4)46-38-34/h9-10,12-13,15-16,19,36H,6-8,11,14,17-18,20-24H2,1-5H3,(H,38,39)/t35-/m1/s1. The molecule has 1 aromatic heterocycles. The molecule has 1 saturated heterocycles. The number of aliphatic imine (C=N–C) groups is 1. The zero-order valence-corrected chi connectivity index (χ0v) is 29.1. The number of carbonyl (C=O) groups is 1. The first kappa shape index (κ1) is 34.6. The first-order valence-corrected chi connectivity index (χ1v) is 18.1. The lowest BCUT2D eigenvalue weighted by atomic mass is 9.89. The van der Waals surface area contributed by atoms with E-state index in [1.165, 1.54) is 0 Å². The minimum Gasteiger partial charge on any atom is -0.377 e. The fourth-order valence-corrected chi connectivity index (χ4v) is 7.79. The third-order valence-electron chi connectivity index (χ3n) is 9.07. The summed E-state index contributed by atoms with van der Waals surface area (Å²) in [6.45, 7) is 11.7. The number of aromatic nitrogens is 1. The van der Waals surface area contributed by atoms with Crippen LogP contribution in [0.25, 0.3) is 11.1 Å². The van der Waals surface area contributed by atoms with Crippen molar-refractivity contribution in [3.63, 3.8) is 0 Å². The lowest BCUT2D eigenvalue weighted by Gasteiger charge is -2.39. The molecule has 2 N–H and O–H groups in total. The van der Waals surface area contributed by atoms with E-state index >= 15 is 0 Å². The van der Waals surface area contributed by atoms with Crippen molar-refractivity contribution in [3.05, 3.63) is 64.9 Å². The predicted molar refractivity (Wildman–Crippen MR) is 184 cm³/mol. The van der Waals surface area contributed by atoms with Crippen LogP contribution in [0, 0.1) is 13.8 Å². The van der Waals surface area contributed by atoms with E-state index in [9.17, 15) is 13.2 Å². The number of benzene rings is 2. The Kier molecular flexibility index (Phi) is 11.0. The molecule has 2 aliphatic heterocycles. The van der Waals surface area contributed by atoms with Gasteiger partial charge in [-0.2, -0.15) is 0 Å². The Balaban J connectivity index is 1.44. The molecule has 3 heterocycles. The second kappa shape index (κ2) is 15.0. The number of aryl methyl sites for hydroxylation is 1. The maximum absolute atomic E-state index is 13.7. The van der Waals surface area contributed by atoms with Gasteiger partial charge in [0.1, 0.15) is 11.6 Å². The van der Waals surface area contributed by atoms with Crippen molar-refractivity contribution in [3.8, 4) is 11.1 Å². The highest BCUT2D eigenvalue weighted by Crippen LogP contribution is 2.36. The van der Waals surface area contributed by atoms with Crippen LogP contribution >= 0.6 is 0 Å². The number of hydrogen-bond donors (Lipinski definition) is 2. The number of nitrogens with one attached hydrogen (secondary N) is 2. The Bertz CT molecular complexity index is 1700. The Labute approximate surface area is 278 Å². The lowest BCUT2D eigenvalue weighted by molar-refractivity contribution is -0.132. The second-order valence-electron chi connectivity index (χ2n) is 12.6. The molecule has 12 heteroatoms. The molecule has 254 valence electrons. The number of hydrogen-bond acceptors (Lipinski definition) is 9. The van der Waals surface area contributed by atoms with Crippen LogP contribution in [0.3, 0.4) is 0 Å². The van der Waals surface area contributed by atoms with Gasteiger partial charge in [-0.1, -0.05) is 54.9 Å². The number of piperidine rings is 1. The summed E-state index contributed by atoms with van der Waals surface area (Å²) in [6, 6.07) is 13.2. The van der Waals surface area contributed by atoms with E-state index in [0.29, 0.717) is 49.7 Å². The monoisotopic (exact) mass is 664 g/mol. The number of unbranched alkanes of at least 4 members (excludes halogenated alkanes) is 1. The number of likely N-dealkylation sites (tertiary alicyclic amines) is 1. The molecular weight excluding hydrogens is 616 g/mol. The van der Waals surface area contributed by atoms with E-state index < -0.39 is 10.0 Å². The number of carbonyl (C=O) groups excluding carboxylic acids is 1. The normalized spacial score (nSPS) is 18.2. The largest absolute Gasteiger partial charge is 0.377 e. The summed E-state index contributed by atoms with van der Waals surface area (Å²) in [4.78, 5) is 22.6. The summed E-state index contributed by atoms with van der Waals surface area (Å²) in [5, 5.41) is 6.89. The minimum absolute atomic E-state index is 0.121. The Morgan fingerprint density at radius 1 is 1.11 bits per heavy atom. The van der Waals surface area contributed by atoms with E-state index in [1.807, 2.05) is 30.0 Å². The minimum atomic E-state index is -3.98. The van der Waals surface area contributed by atoms with Gasteiger partial charge in [0.05, 0.1) is 23.6 Å². The molecular formula is C35H48N6O5S. The second-order valence-corrected chi connectivity index (χ2v) is 14.3. The van der Waals surface area contributed by atoms with Crippen molar-refractivity contribution in [2.45, 2.75) is 83.4 Å². The Morgan fingerprint density at radius 2 is 1.91 bits per heavy atom. The maximum atomic E-state index is 13.7. The molecule has 2 aromatic carbocycles. The number of rotatable bonds is 14. The average Bonchev–Trinajstić information content (AvgIpc) is 3.55. The average molecular weight is 665 g/mol.